The van der Waals surface area contributed by atoms with Gasteiger partial charge in [0.05, 0.1) is 36.1 Å². The third-order valence-corrected chi connectivity index (χ3v) is 7.19. The molecule has 3 aromatic carbocycles. The summed E-state index contributed by atoms with van der Waals surface area (Å²) in [5.41, 5.74) is 2.31. The minimum Gasteiger partial charge on any atom is -0.493 e. The quantitative estimate of drug-likeness (QED) is 0.409. The number of anilines is 1. The van der Waals surface area contributed by atoms with Gasteiger partial charge in [-0.25, -0.2) is 9.38 Å². The van der Waals surface area contributed by atoms with E-state index in [1.165, 1.54) is 35.1 Å². The van der Waals surface area contributed by atoms with Gasteiger partial charge in [0.2, 0.25) is 0 Å². The summed E-state index contributed by atoms with van der Waals surface area (Å²) in [6, 6.07) is 19.4. The number of nitrogens with one attached hydrogen (secondary N) is 1. The number of para-hydroxylation sites is 2. The van der Waals surface area contributed by atoms with Gasteiger partial charge in [0.25, 0.3) is 11.5 Å². The molecule has 0 saturated carbocycles. The third-order valence-electron chi connectivity index (χ3n) is 6.20. The van der Waals surface area contributed by atoms with Crippen molar-refractivity contribution in [1.82, 2.24) is 4.57 Å². The molecule has 1 aromatic heterocycles. The molecule has 4 aromatic rings. The first kappa shape index (κ1) is 25.2. The van der Waals surface area contributed by atoms with Gasteiger partial charge in [-0.05, 0) is 48.9 Å². The standard InChI is InChI=1S/C29H24FN3O4S/c1-17-24(27(34)32-21-9-5-4-6-10-21)25(18-12-14-20(30)15-13-18)33-28(35)23(38-29(33)31-17)16-19-8-7-11-22(36-2)26(19)37-3/h4-16,25H,1-3H3,(H,32,34)/b23-16-/t25-/m0/s1. The number of fused-ring (bicyclic) bond motifs is 1. The molecule has 0 bridgehead atoms. The Hall–Kier alpha value is -4.50. The minimum absolute atomic E-state index is 0.304. The third kappa shape index (κ3) is 4.64. The monoisotopic (exact) mass is 529 g/mol. The molecule has 192 valence electrons. The minimum atomic E-state index is -0.801. The second-order valence-corrected chi connectivity index (χ2v) is 9.55. The molecule has 1 aliphatic heterocycles. The smallest absolute Gasteiger partial charge is 0.271 e. The first-order valence-corrected chi connectivity index (χ1v) is 12.6. The van der Waals surface area contributed by atoms with Gasteiger partial charge in [-0.2, -0.15) is 0 Å². The van der Waals surface area contributed by atoms with E-state index in [0.717, 1.165) is 0 Å². The normalized spacial score (nSPS) is 15.1. The zero-order chi connectivity index (χ0) is 26.8. The lowest BCUT2D eigenvalue weighted by molar-refractivity contribution is -0.113. The van der Waals surface area contributed by atoms with Gasteiger partial charge < -0.3 is 14.8 Å². The lowest BCUT2D eigenvalue weighted by Gasteiger charge is -2.25. The Morgan fingerprint density at radius 2 is 1.76 bits per heavy atom. The maximum absolute atomic E-state index is 13.8. The van der Waals surface area contributed by atoms with Crippen LogP contribution in [0.1, 0.15) is 24.1 Å². The van der Waals surface area contributed by atoms with Crippen LogP contribution in [0, 0.1) is 5.82 Å². The van der Waals surface area contributed by atoms with Crippen molar-refractivity contribution < 1.29 is 18.7 Å². The van der Waals surface area contributed by atoms with Crippen LogP contribution in [-0.2, 0) is 4.79 Å². The average Bonchev–Trinajstić information content (AvgIpc) is 3.22. The van der Waals surface area contributed by atoms with E-state index >= 15 is 0 Å². The van der Waals surface area contributed by atoms with Crippen LogP contribution in [0.4, 0.5) is 10.1 Å². The van der Waals surface area contributed by atoms with Crippen LogP contribution >= 0.6 is 11.3 Å². The van der Waals surface area contributed by atoms with Gasteiger partial charge in [0, 0.05) is 11.3 Å². The second-order valence-electron chi connectivity index (χ2n) is 8.54. The van der Waals surface area contributed by atoms with E-state index in [1.54, 1.807) is 50.4 Å². The number of allylic oxidation sites excluding steroid dienone is 1. The summed E-state index contributed by atoms with van der Waals surface area (Å²) < 4.78 is 26.6. The summed E-state index contributed by atoms with van der Waals surface area (Å²) in [4.78, 5) is 32.5. The van der Waals surface area contributed by atoms with Gasteiger partial charge in [0.15, 0.2) is 16.3 Å². The highest BCUT2D eigenvalue weighted by atomic mass is 32.1. The molecule has 0 unspecified atom stereocenters. The molecule has 1 N–H and O–H groups in total. The summed E-state index contributed by atoms with van der Waals surface area (Å²) in [6.07, 6.45) is 1.72. The number of ether oxygens (including phenoxy) is 2. The Kier molecular flexibility index (Phi) is 6.93. The maximum Gasteiger partial charge on any atom is 0.271 e. The van der Waals surface area contributed by atoms with Gasteiger partial charge in [-0.1, -0.05) is 53.8 Å². The summed E-state index contributed by atoms with van der Waals surface area (Å²) in [6.45, 7) is 1.73. The van der Waals surface area contributed by atoms with E-state index < -0.39 is 17.8 Å². The van der Waals surface area contributed by atoms with Gasteiger partial charge in [-0.15, -0.1) is 0 Å². The number of hydrogen-bond donors (Lipinski definition) is 1. The number of rotatable bonds is 6. The number of carbonyl (C=O) groups is 1. The number of carbonyl (C=O) groups excluding carboxylic acids is 1. The van der Waals surface area contributed by atoms with Crippen molar-refractivity contribution in [3.63, 3.8) is 0 Å². The van der Waals surface area contributed by atoms with E-state index in [4.69, 9.17) is 9.47 Å². The van der Waals surface area contributed by atoms with Gasteiger partial charge >= 0.3 is 0 Å². The van der Waals surface area contributed by atoms with E-state index in [0.29, 0.717) is 48.9 Å². The fourth-order valence-electron chi connectivity index (χ4n) is 4.46. The van der Waals surface area contributed by atoms with Crippen LogP contribution in [0.15, 0.2) is 93.9 Å². The molecule has 0 saturated heterocycles. The van der Waals surface area contributed by atoms with Crippen molar-refractivity contribution >= 4 is 29.0 Å². The van der Waals surface area contributed by atoms with E-state index in [1.807, 2.05) is 30.3 Å². The zero-order valence-corrected chi connectivity index (χ0v) is 21.7. The van der Waals surface area contributed by atoms with Crippen LogP contribution in [0.3, 0.4) is 0 Å². The van der Waals surface area contributed by atoms with Crippen LogP contribution in [0.25, 0.3) is 6.08 Å². The SMILES string of the molecule is COc1cccc(/C=c2\sc3n(c2=O)[C@@H](c2ccc(F)cc2)C(C(=O)Nc2ccccc2)=C(C)N=3)c1OC. The molecule has 1 amide bonds. The lowest BCUT2D eigenvalue weighted by Crippen LogP contribution is -2.40. The summed E-state index contributed by atoms with van der Waals surface area (Å²) in [5, 5.41) is 2.90. The number of methoxy groups -OCH3 is 2. The Balaban J connectivity index is 1.69. The number of nitrogens with zero attached hydrogens (tertiary/aromatic N) is 2. The van der Waals surface area contributed by atoms with E-state index in [-0.39, 0.29) is 5.56 Å². The highest BCUT2D eigenvalue weighted by Gasteiger charge is 2.32. The molecule has 2 heterocycles. The van der Waals surface area contributed by atoms with Crippen molar-refractivity contribution in [3.05, 3.63) is 121 Å². The van der Waals surface area contributed by atoms with Crippen LogP contribution in [-0.4, -0.2) is 24.7 Å². The average molecular weight is 530 g/mol. The molecule has 5 rings (SSSR count). The predicted octanol–water partition coefficient (Wildman–Crippen LogP) is 4.03. The highest BCUT2D eigenvalue weighted by Crippen LogP contribution is 2.32. The summed E-state index contributed by atoms with van der Waals surface area (Å²) in [5.74, 6) is 0.224. The Labute approximate surface area is 221 Å². The number of thiazole rings is 1. The summed E-state index contributed by atoms with van der Waals surface area (Å²) >= 11 is 1.20. The molecule has 0 aliphatic carbocycles. The molecule has 0 spiro atoms. The fourth-order valence-corrected chi connectivity index (χ4v) is 5.50. The number of aromatic nitrogens is 1. The van der Waals surface area contributed by atoms with Crippen molar-refractivity contribution in [2.24, 2.45) is 4.99 Å². The van der Waals surface area contributed by atoms with Crippen LogP contribution in [0.5, 0.6) is 11.5 Å². The van der Waals surface area contributed by atoms with E-state index in [2.05, 4.69) is 10.3 Å². The predicted molar refractivity (Wildman–Crippen MR) is 145 cm³/mol. The molecule has 0 fully saturated rings. The fraction of sp³-hybridized carbons (Fsp3) is 0.138. The molecule has 0 radical (unpaired) electrons. The first-order chi connectivity index (χ1) is 18.4. The molecule has 9 heteroatoms. The molecular formula is C29H24FN3O4S. The van der Waals surface area contributed by atoms with Crippen LogP contribution < -0.4 is 29.7 Å². The Morgan fingerprint density at radius 3 is 2.45 bits per heavy atom. The highest BCUT2D eigenvalue weighted by molar-refractivity contribution is 7.07. The van der Waals surface area contributed by atoms with Crippen molar-refractivity contribution in [3.8, 4) is 11.5 Å². The van der Waals surface area contributed by atoms with Gasteiger partial charge in [-0.3, -0.25) is 14.2 Å². The molecule has 1 aliphatic rings. The van der Waals surface area contributed by atoms with Crippen molar-refractivity contribution in [2.75, 3.05) is 19.5 Å². The van der Waals surface area contributed by atoms with E-state index in [9.17, 15) is 14.0 Å². The first-order valence-electron chi connectivity index (χ1n) is 11.8. The second kappa shape index (κ2) is 10.5. The number of halogens is 1. The number of hydrogen-bond acceptors (Lipinski definition) is 6. The number of benzene rings is 3. The molecule has 1 atom stereocenters. The topological polar surface area (TPSA) is 81.9 Å². The molecule has 38 heavy (non-hydrogen) atoms. The van der Waals surface area contributed by atoms with Gasteiger partial charge in [0.1, 0.15) is 5.82 Å². The lowest BCUT2D eigenvalue weighted by atomic mass is 9.95. The Bertz CT molecular complexity index is 1720. The van der Waals surface area contributed by atoms with Crippen molar-refractivity contribution in [2.45, 2.75) is 13.0 Å². The zero-order valence-electron chi connectivity index (χ0n) is 20.9. The molecule has 7 nitrogen and oxygen atoms in total. The maximum atomic E-state index is 13.8. The Morgan fingerprint density at radius 1 is 1.03 bits per heavy atom. The van der Waals surface area contributed by atoms with Crippen LogP contribution in [0.2, 0.25) is 0 Å². The molecular weight excluding hydrogens is 505 g/mol. The number of amides is 1. The largest absolute Gasteiger partial charge is 0.493 e. The summed E-state index contributed by atoms with van der Waals surface area (Å²) in [7, 11) is 3.08. The van der Waals surface area contributed by atoms with Crippen molar-refractivity contribution in [1.29, 1.82) is 0 Å².